The predicted octanol–water partition coefficient (Wildman–Crippen LogP) is 3.70. The Hall–Kier alpha value is -1.87. The van der Waals surface area contributed by atoms with Crippen molar-refractivity contribution in [3.8, 4) is 17.0 Å². The van der Waals surface area contributed by atoms with Gasteiger partial charge in [0.05, 0.1) is 18.4 Å². The van der Waals surface area contributed by atoms with Crippen LogP contribution in [0.2, 0.25) is 0 Å². The Morgan fingerprint density at radius 1 is 1.15 bits per heavy atom. The highest BCUT2D eigenvalue weighted by Crippen LogP contribution is 2.28. The fraction of sp³-hybridized carbons (Fsp3) is 0.353. The van der Waals surface area contributed by atoms with Crippen molar-refractivity contribution in [1.29, 1.82) is 0 Å². The fourth-order valence-corrected chi connectivity index (χ4v) is 2.50. The maximum absolute atomic E-state index is 5.93. The zero-order chi connectivity index (χ0) is 13.6. The van der Waals surface area contributed by atoms with Crippen LogP contribution in [0.1, 0.15) is 19.3 Å². The summed E-state index contributed by atoms with van der Waals surface area (Å²) in [5, 5.41) is 0. The molecule has 0 bridgehead atoms. The Balaban J connectivity index is 1.67. The van der Waals surface area contributed by atoms with Gasteiger partial charge in [0.1, 0.15) is 5.75 Å². The molecule has 0 spiro atoms. The molecule has 1 fully saturated rings. The van der Waals surface area contributed by atoms with Crippen molar-refractivity contribution < 1.29 is 9.47 Å². The van der Waals surface area contributed by atoms with Gasteiger partial charge in [-0.15, -0.1) is 0 Å². The zero-order valence-corrected chi connectivity index (χ0v) is 11.5. The first kappa shape index (κ1) is 13.1. The number of nitrogens with zero attached hydrogens (tertiary/aromatic N) is 1. The van der Waals surface area contributed by atoms with E-state index in [1.807, 2.05) is 42.5 Å². The van der Waals surface area contributed by atoms with Crippen LogP contribution in [0.3, 0.4) is 0 Å². The molecule has 1 saturated heterocycles. The second kappa shape index (κ2) is 6.53. The first-order valence-electron chi connectivity index (χ1n) is 7.18. The number of benzene rings is 1. The van der Waals surface area contributed by atoms with Gasteiger partial charge in [0.15, 0.2) is 0 Å². The Morgan fingerprint density at radius 2 is 2.05 bits per heavy atom. The van der Waals surface area contributed by atoms with E-state index in [0.717, 1.165) is 36.5 Å². The molecule has 0 N–H and O–H groups in total. The monoisotopic (exact) mass is 269 g/mol. The molecule has 3 rings (SSSR count). The van der Waals surface area contributed by atoms with E-state index in [1.54, 1.807) is 6.20 Å². The van der Waals surface area contributed by atoms with Crippen LogP contribution in [0.5, 0.6) is 5.75 Å². The molecule has 1 aliphatic rings. The molecule has 104 valence electrons. The van der Waals surface area contributed by atoms with Gasteiger partial charge < -0.3 is 9.47 Å². The highest BCUT2D eigenvalue weighted by Gasteiger charge is 2.15. The second-order valence-electron chi connectivity index (χ2n) is 4.98. The molecule has 0 aliphatic carbocycles. The van der Waals surface area contributed by atoms with E-state index >= 15 is 0 Å². The third-order valence-corrected chi connectivity index (χ3v) is 3.55. The molecule has 20 heavy (non-hydrogen) atoms. The van der Waals surface area contributed by atoms with E-state index in [-0.39, 0.29) is 0 Å². The second-order valence-corrected chi connectivity index (χ2v) is 4.98. The van der Waals surface area contributed by atoms with Crippen LogP contribution in [-0.2, 0) is 4.74 Å². The van der Waals surface area contributed by atoms with E-state index in [1.165, 1.54) is 6.42 Å². The molecule has 1 aliphatic heterocycles. The average Bonchev–Trinajstić information content (AvgIpc) is 3.02. The lowest BCUT2D eigenvalue weighted by Crippen LogP contribution is -2.11. The molecule has 0 radical (unpaired) electrons. The lowest BCUT2D eigenvalue weighted by atomic mass is 10.1. The summed E-state index contributed by atoms with van der Waals surface area (Å²) < 4.78 is 11.5. The molecule has 1 aromatic carbocycles. The van der Waals surface area contributed by atoms with Gasteiger partial charge in [-0.2, -0.15) is 0 Å². The maximum atomic E-state index is 5.93. The summed E-state index contributed by atoms with van der Waals surface area (Å²) >= 11 is 0. The highest BCUT2D eigenvalue weighted by atomic mass is 16.5. The molecule has 0 saturated carbocycles. The number of ether oxygens (including phenoxy) is 2. The fourth-order valence-electron chi connectivity index (χ4n) is 2.50. The minimum atomic E-state index is 0.372. The largest absolute Gasteiger partial charge is 0.493 e. The van der Waals surface area contributed by atoms with Crippen molar-refractivity contribution in [3.63, 3.8) is 0 Å². The van der Waals surface area contributed by atoms with Crippen LogP contribution >= 0.6 is 0 Å². The van der Waals surface area contributed by atoms with Gasteiger partial charge in [0.2, 0.25) is 0 Å². The Labute approximate surface area is 119 Å². The summed E-state index contributed by atoms with van der Waals surface area (Å²) in [6.07, 6.45) is 5.46. The lowest BCUT2D eigenvalue weighted by molar-refractivity contribution is 0.0904. The standard InChI is InChI=1S/C17H19NO2/c1-2-9-17(20-13-10-14-6-5-12-19-14)15(7-1)16-8-3-4-11-18-16/h1-4,7-9,11,14H,5-6,10,12-13H2. The highest BCUT2D eigenvalue weighted by molar-refractivity contribution is 5.66. The normalized spacial score (nSPS) is 18.1. The predicted molar refractivity (Wildman–Crippen MR) is 78.8 cm³/mol. The smallest absolute Gasteiger partial charge is 0.128 e. The van der Waals surface area contributed by atoms with Crippen LogP contribution in [0.4, 0.5) is 0 Å². The van der Waals surface area contributed by atoms with Crippen molar-refractivity contribution in [2.75, 3.05) is 13.2 Å². The van der Waals surface area contributed by atoms with Gasteiger partial charge in [0, 0.05) is 24.8 Å². The van der Waals surface area contributed by atoms with E-state index in [2.05, 4.69) is 4.98 Å². The summed E-state index contributed by atoms with van der Waals surface area (Å²) in [6, 6.07) is 14.0. The molecule has 3 nitrogen and oxygen atoms in total. The summed E-state index contributed by atoms with van der Waals surface area (Å²) in [7, 11) is 0. The molecule has 1 unspecified atom stereocenters. The first-order valence-corrected chi connectivity index (χ1v) is 7.18. The van der Waals surface area contributed by atoms with Crippen LogP contribution < -0.4 is 4.74 Å². The summed E-state index contributed by atoms with van der Waals surface area (Å²) in [5.41, 5.74) is 1.99. The van der Waals surface area contributed by atoms with Crippen LogP contribution in [0.25, 0.3) is 11.3 Å². The topological polar surface area (TPSA) is 31.4 Å². The molecular formula is C17H19NO2. The number of rotatable bonds is 5. The summed E-state index contributed by atoms with van der Waals surface area (Å²) in [5.74, 6) is 0.893. The lowest BCUT2D eigenvalue weighted by Gasteiger charge is -2.13. The summed E-state index contributed by atoms with van der Waals surface area (Å²) in [4.78, 5) is 4.39. The van der Waals surface area contributed by atoms with Crippen LogP contribution in [-0.4, -0.2) is 24.3 Å². The minimum absolute atomic E-state index is 0.372. The minimum Gasteiger partial charge on any atom is -0.493 e. The molecule has 3 heteroatoms. The Bertz CT molecular complexity index is 536. The van der Waals surface area contributed by atoms with E-state index in [0.29, 0.717) is 12.7 Å². The van der Waals surface area contributed by atoms with Crippen LogP contribution in [0.15, 0.2) is 48.7 Å². The van der Waals surface area contributed by atoms with E-state index in [9.17, 15) is 0 Å². The molecule has 1 aromatic heterocycles. The van der Waals surface area contributed by atoms with Gasteiger partial charge in [-0.1, -0.05) is 18.2 Å². The molecule has 2 aromatic rings. The number of hydrogen-bond acceptors (Lipinski definition) is 3. The number of hydrogen-bond donors (Lipinski definition) is 0. The van der Waals surface area contributed by atoms with Gasteiger partial charge in [-0.05, 0) is 37.1 Å². The quantitative estimate of drug-likeness (QED) is 0.829. The SMILES string of the molecule is c1ccc(-c2ccccc2OCCC2CCCO2)nc1. The molecule has 0 amide bonds. The zero-order valence-electron chi connectivity index (χ0n) is 11.5. The van der Waals surface area contributed by atoms with Gasteiger partial charge in [-0.3, -0.25) is 4.98 Å². The Morgan fingerprint density at radius 3 is 2.85 bits per heavy atom. The van der Waals surface area contributed by atoms with E-state index in [4.69, 9.17) is 9.47 Å². The van der Waals surface area contributed by atoms with Gasteiger partial charge in [-0.25, -0.2) is 0 Å². The first-order chi connectivity index (χ1) is 9.93. The molecular weight excluding hydrogens is 250 g/mol. The Kier molecular flexibility index (Phi) is 4.28. The van der Waals surface area contributed by atoms with Gasteiger partial charge >= 0.3 is 0 Å². The van der Waals surface area contributed by atoms with Crippen molar-refractivity contribution in [1.82, 2.24) is 4.98 Å². The van der Waals surface area contributed by atoms with E-state index < -0.39 is 0 Å². The number of para-hydroxylation sites is 1. The third-order valence-electron chi connectivity index (χ3n) is 3.55. The number of aromatic nitrogens is 1. The molecule has 2 heterocycles. The average molecular weight is 269 g/mol. The molecule has 1 atom stereocenters. The van der Waals surface area contributed by atoms with Gasteiger partial charge in [0.25, 0.3) is 0 Å². The summed E-state index contributed by atoms with van der Waals surface area (Å²) in [6.45, 7) is 1.59. The van der Waals surface area contributed by atoms with Crippen molar-refractivity contribution in [2.45, 2.75) is 25.4 Å². The maximum Gasteiger partial charge on any atom is 0.128 e. The third kappa shape index (κ3) is 3.17. The van der Waals surface area contributed by atoms with Crippen molar-refractivity contribution in [3.05, 3.63) is 48.7 Å². The number of pyridine rings is 1. The van der Waals surface area contributed by atoms with Crippen molar-refractivity contribution >= 4 is 0 Å². The van der Waals surface area contributed by atoms with Crippen molar-refractivity contribution in [2.24, 2.45) is 0 Å². The van der Waals surface area contributed by atoms with Crippen LogP contribution in [0, 0.1) is 0 Å².